The highest BCUT2D eigenvalue weighted by Gasteiger charge is 2.21. The molecule has 3 aromatic rings. The fourth-order valence-corrected chi connectivity index (χ4v) is 4.94. The van der Waals surface area contributed by atoms with E-state index in [0.29, 0.717) is 12.0 Å². The monoisotopic (exact) mass is 474 g/mol. The van der Waals surface area contributed by atoms with Crippen LogP contribution in [0.2, 0.25) is 0 Å². The van der Waals surface area contributed by atoms with E-state index in [1.165, 1.54) is 0 Å². The van der Waals surface area contributed by atoms with E-state index in [9.17, 15) is 13.2 Å². The van der Waals surface area contributed by atoms with Gasteiger partial charge >= 0.3 is 0 Å². The first-order chi connectivity index (χ1) is 15.2. The Morgan fingerprint density at radius 1 is 1.09 bits per heavy atom. The van der Waals surface area contributed by atoms with Gasteiger partial charge in [0.25, 0.3) is 15.9 Å². The van der Waals surface area contributed by atoms with Gasteiger partial charge in [-0.15, -0.1) is 10.2 Å². The van der Waals surface area contributed by atoms with Crippen molar-refractivity contribution in [2.45, 2.75) is 44.1 Å². The second kappa shape index (κ2) is 10.7. The third-order valence-electron chi connectivity index (χ3n) is 4.48. The number of ether oxygens (including phenoxy) is 1. The maximum absolute atomic E-state index is 12.5. The molecule has 0 aliphatic heterocycles. The van der Waals surface area contributed by atoms with E-state index < -0.39 is 10.0 Å². The Labute approximate surface area is 192 Å². The number of nitrogens with one attached hydrogen (secondary N) is 2. The molecule has 0 aliphatic rings. The van der Waals surface area contributed by atoms with E-state index in [1.807, 2.05) is 57.2 Å². The zero-order valence-electron chi connectivity index (χ0n) is 18.2. The van der Waals surface area contributed by atoms with Crippen LogP contribution in [0.1, 0.15) is 41.8 Å². The summed E-state index contributed by atoms with van der Waals surface area (Å²) in [5, 5.41) is 10.2. The van der Waals surface area contributed by atoms with Gasteiger partial charge < -0.3 is 4.74 Å². The minimum atomic E-state index is -3.80. The highest BCUT2D eigenvalue weighted by Crippen LogP contribution is 2.21. The number of benzene rings is 2. The lowest BCUT2D eigenvalue weighted by Gasteiger charge is -2.10. The third kappa shape index (κ3) is 6.59. The first-order valence-electron chi connectivity index (χ1n) is 10.2. The van der Waals surface area contributed by atoms with Crippen molar-refractivity contribution in [2.24, 2.45) is 0 Å². The summed E-state index contributed by atoms with van der Waals surface area (Å²) < 4.78 is 32.9. The highest BCUT2D eigenvalue weighted by atomic mass is 32.2. The molecule has 0 bridgehead atoms. The molecule has 0 saturated heterocycles. The van der Waals surface area contributed by atoms with Gasteiger partial charge in [0.15, 0.2) is 0 Å². The number of carbonyl (C=O) groups is 1. The summed E-state index contributed by atoms with van der Waals surface area (Å²) in [6, 6.07) is 14.9. The molecule has 2 N–H and O–H groups in total. The number of amides is 1. The van der Waals surface area contributed by atoms with Crippen molar-refractivity contribution in [2.75, 3.05) is 11.9 Å². The summed E-state index contributed by atoms with van der Waals surface area (Å²) in [6.45, 7) is 6.03. The Morgan fingerprint density at radius 3 is 2.50 bits per heavy atom. The molecule has 0 spiro atoms. The van der Waals surface area contributed by atoms with Crippen molar-refractivity contribution in [1.82, 2.24) is 14.9 Å². The Hall–Kier alpha value is -2.82. The fraction of sp³-hybridized carbons (Fsp3) is 0.318. The third-order valence-corrected chi connectivity index (χ3v) is 7.14. The lowest BCUT2D eigenvalue weighted by molar-refractivity contribution is 0.102. The molecule has 1 heterocycles. The van der Waals surface area contributed by atoms with Gasteiger partial charge in [0.2, 0.25) is 9.47 Å². The van der Waals surface area contributed by atoms with Gasteiger partial charge in [-0.2, -0.15) is 0 Å². The molecule has 8 nitrogen and oxygen atoms in total. The molecule has 10 heteroatoms. The summed E-state index contributed by atoms with van der Waals surface area (Å²) in [6.07, 6.45) is 1.46. The summed E-state index contributed by atoms with van der Waals surface area (Å²) >= 11 is 0.811. The molecular formula is C22H26N4O4S2. The van der Waals surface area contributed by atoms with Gasteiger partial charge in [-0.05, 0) is 62.9 Å². The van der Waals surface area contributed by atoms with Gasteiger partial charge in [0, 0.05) is 12.1 Å². The number of hydrogen-bond acceptors (Lipinski definition) is 7. The molecule has 0 saturated carbocycles. The van der Waals surface area contributed by atoms with Crippen molar-refractivity contribution in [3.63, 3.8) is 0 Å². The van der Waals surface area contributed by atoms with Crippen molar-refractivity contribution in [3.05, 3.63) is 65.2 Å². The molecule has 0 unspecified atom stereocenters. The van der Waals surface area contributed by atoms with E-state index in [1.54, 1.807) is 12.1 Å². The number of sulfonamides is 1. The van der Waals surface area contributed by atoms with Crippen LogP contribution in [0.3, 0.4) is 0 Å². The van der Waals surface area contributed by atoms with Crippen molar-refractivity contribution >= 4 is 32.4 Å². The molecule has 1 amide bonds. The molecule has 0 atom stereocenters. The molecular weight excluding hydrogens is 448 g/mol. The number of anilines is 1. The van der Waals surface area contributed by atoms with Crippen LogP contribution in [-0.4, -0.2) is 37.2 Å². The van der Waals surface area contributed by atoms with Crippen LogP contribution in [0, 0.1) is 6.92 Å². The first-order valence-corrected chi connectivity index (χ1v) is 12.5. The molecule has 0 radical (unpaired) electrons. The minimum absolute atomic E-state index is 0.117. The first kappa shape index (κ1) is 23.8. The van der Waals surface area contributed by atoms with Crippen LogP contribution in [0.5, 0.6) is 5.75 Å². The largest absolute Gasteiger partial charge is 0.491 e. The van der Waals surface area contributed by atoms with Crippen LogP contribution in [0.15, 0.2) is 52.9 Å². The quantitative estimate of drug-likeness (QED) is 0.342. The van der Waals surface area contributed by atoms with Crippen molar-refractivity contribution < 1.29 is 17.9 Å². The summed E-state index contributed by atoms with van der Waals surface area (Å²) in [7, 11) is -3.80. The standard InChI is InChI=1S/C22H26N4O4S2/c1-15(2)30-18-12-10-17(11-13-18)8-6-14-23-32(28,29)22-26-25-21(31-22)24-20(27)19-9-5-4-7-16(19)3/h4-5,7,9-13,15,23H,6,8,14H2,1-3H3,(H,24,25,27). The number of hydrogen-bond donors (Lipinski definition) is 2. The molecule has 32 heavy (non-hydrogen) atoms. The maximum atomic E-state index is 12.5. The average Bonchev–Trinajstić information content (AvgIpc) is 3.22. The Bertz CT molecular complexity index is 1160. The number of aryl methyl sites for hydroxylation is 2. The van der Waals surface area contributed by atoms with Gasteiger partial charge in [-0.25, -0.2) is 13.1 Å². The predicted molar refractivity (Wildman–Crippen MR) is 125 cm³/mol. The van der Waals surface area contributed by atoms with E-state index in [0.717, 1.165) is 34.6 Å². The van der Waals surface area contributed by atoms with Crippen LogP contribution < -0.4 is 14.8 Å². The van der Waals surface area contributed by atoms with E-state index in [-0.39, 0.29) is 28.0 Å². The topological polar surface area (TPSA) is 110 Å². The van der Waals surface area contributed by atoms with Gasteiger partial charge in [-0.1, -0.05) is 41.7 Å². The zero-order valence-corrected chi connectivity index (χ0v) is 19.8. The Morgan fingerprint density at radius 2 is 1.81 bits per heavy atom. The van der Waals surface area contributed by atoms with Gasteiger partial charge in [-0.3, -0.25) is 10.1 Å². The summed E-state index contributed by atoms with van der Waals surface area (Å²) in [5.74, 6) is 0.451. The lowest BCUT2D eigenvalue weighted by Crippen LogP contribution is -2.25. The SMILES string of the molecule is Cc1ccccc1C(=O)Nc1nnc(S(=O)(=O)NCCCc2ccc(OC(C)C)cc2)s1. The molecule has 170 valence electrons. The fourth-order valence-electron chi connectivity index (χ4n) is 2.93. The van der Waals surface area contributed by atoms with E-state index in [2.05, 4.69) is 20.2 Å². The lowest BCUT2D eigenvalue weighted by atomic mass is 10.1. The number of nitrogens with zero attached hydrogens (tertiary/aromatic N) is 2. The van der Waals surface area contributed by atoms with E-state index in [4.69, 9.17) is 4.74 Å². The molecule has 0 fully saturated rings. The number of carbonyl (C=O) groups excluding carboxylic acids is 1. The second-order valence-corrected chi connectivity index (χ2v) is 10.4. The highest BCUT2D eigenvalue weighted by molar-refractivity contribution is 7.91. The van der Waals surface area contributed by atoms with Gasteiger partial charge in [0.05, 0.1) is 6.10 Å². The number of aromatic nitrogens is 2. The Kier molecular flexibility index (Phi) is 7.94. The van der Waals surface area contributed by atoms with Crippen LogP contribution in [0.25, 0.3) is 0 Å². The van der Waals surface area contributed by atoms with E-state index >= 15 is 0 Å². The zero-order chi connectivity index (χ0) is 23.1. The normalized spacial score (nSPS) is 11.5. The Balaban J connectivity index is 1.50. The maximum Gasteiger partial charge on any atom is 0.269 e. The van der Waals surface area contributed by atoms with Crippen LogP contribution >= 0.6 is 11.3 Å². The van der Waals surface area contributed by atoms with Crippen molar-refractivity contribution in [1.29, 1.82) is 0 Å². The van der Waals surface area contributed by atoms with Crippen LogP contribution in [-0.2, 0) is 16.4 Å². The average molecular weight is 475 g/mol. The number of rotatable bonds is 10. The second-order valence-electron chi connectivity index (χ2n) is 7.45. The molecule has 1 aromatic heterocycles. The molecule has 3 rings (SSSR count). The summed E-state index contributed by atoms with van der Waals surface area (Å²) in [5.41, 5.74) is 2.40. The smallest absolute Gasteiger partial charge is 0.269 e. The van der Waals surface area contributed by atoms with Crippen LogP contribution in [0.4, 0.5) is 5.13 Å². The minimum Gasteiger partial charge on any atom is -0.491 e. The molecule has 0 aliphatic carbocycles. The van der Waals surface area contributed by atoms with Crippen molar-refractivity contribution in [3.8, 4) is 5.75 Å². The van der Waals surface area contributed by atoms with Gasteiger partial charge in [0.1, 0.15) is 5.75 Å². The molecule has 2 aromatic carbocycles. The predicted octanol–water partition coefficient (Wildman–Crippen LogP) is 3.80. The summed E-state index contributed by atoms with van der Waals surface area (Å²) in [4.78, 5) is 12.4.